The van der Waals surface area contributed by atoms with Crippen LogP contribution in [-0.2, 0) is 0 Å². The fourth-order valence-electron chi connectivity index (χ4n) is 1.71. The summed E-state index contributed by atoms with van der Waals surface area (Å²) in [6, 6.07) is 7.29. The zero-order valence-corrected chi connectivity index (χ0v) is 9.57. The van der Waals surface area contributed by atoms with Gasteiger partial charge in [0.05, 0.1) is 5.02 Å². The number of rotatable bonds is 0. The van der Waals surface area contributed by atoms with Crippen molar-refractivity contribution in [2.24, 2.45) is 4.99 Å². The summed E-state index contributed by atoms with van der Waals surface area (Å²) in [5.74, 6) is 0.650. The third kappa shape index (κ3) is 1.72. The Hall–Kier alpha value is -2.07. The molecule has 0 atom stereocenters. The monoisotopic (exact) mass is 244 g/mol. The van der Waals surface area contributed by atoms with Gasteiger partial charge in [-0.05, 0) is 24.3 Å². The van der Waals surface area contributed by atoms with Gasteiger partial charge in [-0.15, -0.1) is 0 Å². The lowest BCUT2D eigenvalue weighted by Crippen LogP contribution is -1.96. The van der Waals surface area contributed by atoms with E-state index in [-0.39, 0.29) is 0 Å². The highest BCUT2D eigenvalue weighted by Gasteiger charge is 2.12. The first-order chi connectivity index (χ1) is 8.24. The molecular weight excluding hydrogens is 236 g/mol. The molecule has 0 radical (unpaired) electrons. The highest BCUT2D eigenvalue weighted by atomic mass is 35.5. The average molecular weight is 245 g/mol. The van der Waals surface area contributed by atoms with Crippen LogP contribution in [0.3, 0.4) is 0 Å². The maximum Gasteiger partial charge on any atom is 0.157 e. The van der Waals surface area contributed by atoms with E-state index in [4.69, 9.17) is 17.3 Å². The number of benzene rings is 1. The predicted molar refractivity (Wildman–Crippen MR) is 70.6 cm³/mol. The number of nitrogens with one attached hydrogen (secondary N) is 1. The molecule has 0 bridgehead atoms. The van der Waals surface area contributed by atoms with Crippen molar-refractivity contribution < 1.29 is 0 Å². The number of pyridine rings is 1. The molecule has 1 aliphatic rings. The van der Waals surface area contributed by atoms with E-state index in [2.05, 4.69) is 15.3 Å². The molecule has 1 aromatic carbocycles. The zero-order chi connectivity index (χ0) is 11.8. The Morgan fingerprint density at radius 3 is 3.00 bits per heavy atom. The second-order valence-corrected chi connectivity index (χ2v) is 4.13. The second-order valence-electron chi connectivity index (χ2n) is 3.72. The summed E-state index contributed by atoms with van der Waals surface area (Å²) in [7, 11) is 0. The molecule has 2 aromatic rings. The Bertz CT molecular complexity index is 622. The van der Waals surface area contributed by atoms with Gasteiger partial charge in [-0.3, -0.25) is 4.99 Å². The Morgan fingerprint density at radius 1 is 1.24 bits per heavy atom. The van der Waals surface area contributed by atoms with E-state index < -0.39 is 0 Å². The van der Waals surface area contributed by atoms with Gasteiger partial charge in [0, 0.05) is 29.3 Å². The van der Waals surface area contributed by atoms with Gasteiger partial charge >= 0.3 is 0 Å². The first-order valence-corrected chi connectivity index (χ1v) is 5.47. The highest BCUT2D eigenvalue weighted by molar-refractivity contribution is 6.33. The van der Waals surface area contributed by atoms with Crippen molar-refractivity contribution in [2.45, 2.75) is 0 Å². The molecule has 0 aliphatic carbocycles. The lowest BCUT2D eigenvalue weighted by atomic mass is 10.2. The van der Waals surface area contributed by atoms with Crippen LogP contribution in [0.2, 0.25) is 5.02 Å². The first-order valence-electron chi connectivity index (χ1n) is 5.09. The van der Waals surface area contributed by atoms with Crippen LogP contribution >= 0.6 is 11.6 Å². The number of nitrogen functional groups attached to an aromatic ring is 1. The quantitative estimate of drug-likeness (QED) is 0.597. The Morgan fingerprint density at radius 2 is 2.12 bits per heavy atom. The van der Waals surface area contributed by atoms with Crippen molar-refractivity contribution in [2.75, 3.05) is 11.1 Å². The van der Waals surface area contributed by atoms with E-state index in [1.54, 1.807) is 18.5 Å². The van der Waals surface area contributed by atoms with E-state index >= 15 is 0 Å². The molecule has 84 valence electrons. The van der Waals surface area contributed by atoms with Crippen LogP contribution < -0.4 is 11.1 Å². The maximum atomic E-state index is 6.07. The number of aromatic nitrogens is 1. The number of fused-ring (bicyclic) bond motifs is 2. The minimum atomic E-state index is 0.569. The van der Waals surface area contributed by atoms with Crippen LogP contribution in [0.4, 0.5) is 22.9 Å². The lowest BCUT2D eigenvalue weighted by molar-refractivity contribution is 1.30. The molecule has 0 unspecified atom stereocenters. The molecule has 2 heterocycles. The molecule has 5 heteroatoms. The molecular formula is C12H9ClN4. The summed E-state index contributed by atoms with van der Waals surface area (Å²) in [5.41, 5.74) is 8.90. The summed E-state index contributed by atoms with van der Waals surface area (Å²) in [6.45, 7) is 0. The average Bonchev–Trinajstić information content (AvgIpc) is 2.49. The van der Waals surface area contributed by atoms with Crippen molar-refractivity contribution >= 4 is 40.7 Å². The number of hydrogen-bond acceptors (Lipinski definition) is 4. The molecule has 0 saturated carbocycles. The van der Waals surface area contributed by atoms with E-state index in [0.717, 1.165) is 11.3 Å². The van der Waals surface area contributed by atoms with Gasteiger partial charge in [0.2, 0.25) is 0 Å². The number of hydrogen-bond donors (Lipinski definition) is 2. The molecule has 3 N–H and O–H groups in total. The molecule has 17 heavy (non-hydrogen) atoms. The summed E-state index contributed by atoms with van der Waals surface area (Å²) in [4.78, 5) is 8.55. The van der Waals surface area contributed by atoms with Gasteiger partial charge in [0.25, 0.3) is 0 Å². The van der Waals surface area contributed by atoms with Gasteiger partial charge in [-0.25, -0.2) is 4.98 Å². The van der Waals surface area contributed by atoms with Crippen molar-refractivity contribution in [1.29, 1.82) is 0 Å². The summed E-state index contributed by atoms with van der Waals surface area (Å²) in [6.07, 6.45) is 3.38. The number of anilines is 3. The number of halogens is 1. The zero-order valence-electron chi connectivity index (χ0n) is 8.81. The summed E-state index contributed by atoms with van der Waals surface area (Å²) < 4.78 is 0. The Kier molecular flexibility index (Phi) is 2.23. The molecule has 0 amide bonds. The Balaban J connectivity index is 2.19. The molecule has 0 saturated heterocycles. The van der Waals surface area contributed by atoms with Gasteiger partial charge in [0.1, 0.15) is 5.69 Å². The largest absolute Gasteiger partial charge is 0.399 e. The second kappa shape index (κ2) is 3.75. The first kappa shape index (κ1) is 10.1. The van der Waals surface area contributed by atoms with Crippen molar-refractivity contribution in [1.82, 2.24) is 4.98 Å². The molecule has 1 aliphatic heterocycles. The molecule has 3 rings (SSSR count). The lowest BCUT2D eigenvalue weighted by Gasteiger charge is -2.08. The molecule has 1 aromatic heterocycles. The van der Waals surface area contributed by atoms with Crippen molar-refractivity contribution in [3.63, 3.8) is 0 Å². The summed E-state index contributed by atoms with van der Waals surface area (Å²) >= 11 is 6.07. The Labute approximate surface area is 103 Å². The standard InChI is InChI=1S/C12H9ClN4/c13-9-3-4-15-12-11(9)16-6-7-5-8(14)1-2-10(7)17-12/h1-6H,14H2,(H,15,17). The van der Waals surface area contributed by atoms with E-state index in [1.165, 1.54) is 0 Å². The van der Waals surface area contributed by atoms with Crippen LogP contribution in [-0.4, -0.2) is 11.2 Å². The normalized spacial score (nSPS) is 12.3. The van der Waals surface area contributed by atoms with Crippen LogP contribution in [0, 0.1) is 0 Å². The highest BCUT2D eigenvalue weighted by Crippen LogP contribution is 2.36. The van der Waals surface area contributed by atoms with E-state index in [9.17, 15) is 0 Å². The fourth-order valence-corrected chi connectivity index (χ4v) is 1.90. The van der Waals surface area contributed by atoms with Crippen molar-refractivity contribution in [3.05, 3.63) is 41.0 Å². The topological polar surface area (TPSA) is 63.3 Å². The third-order valence-electron chi connectivity index (χ3n) is 2.54. The van der Waals surface area contributed by atoms with Crippen LogP contribution in [0.25, 0.3) is 0 Å². The SMILES string of the molecule is Nc1ccc2c(c1)C=Nc1c(Cl)ccnc1N2. The third-order valence-corrected chi connectivity index (χ3v) is 2.84. The molecule has 0 spiro atoms. The van der Waals surface area contributed by atoms with Gasteiger partial charge < -0.3 is 11.1 Å². The van der Waals surface area contributed by atoms with Crippen LogP contribution in [0.1, 0.15) is 5.56 Å². The summed E-state index contributed by atoms with van der Waals surface area (Å²) in [5, 5.41) is 3.76. The van der Waals surface area contributed by atoms with Gasteiger partial charge in [-0.1, -0.05) is 11.6 Å². The molecule has 0 fully saturated rings. The van der Waals surface area contributed by atoms with Crippen molar-refractivity contribution in [3.8, 4) is 0 Å². The predicted octanol–water partition coefficient (Wildman–Crippen LogP) is 3.12. The van der Waals surface area contributed by atoms with Crippen LogP contribution in [0.5, 0.6) is 0 Å². The van der Waals surface area contributed by atoms with Crippen LogP contribution in [0.15, 0.2) is 35.5 Å². The smallest absolute Gasteiger partial charge is 0.157 e. The number of aliphatic imine (C=N–C) groups is 1. The van der Waals surface area contributed by atoms with Gasteiger partial charge in [0.15, 0.2) is 5.82 Å². The maximum absolute atomic E-state index is 6.07. The number of nitrogens with two attached hydrogens (primary N) is 1. The fraction of sp³-hybridized carbons (Fsp3) is 0. The molecule has 4 nitrogen and oxygen atoms in total. The number of nitrogens with zero attached hydrogens (tertiary/aromatic N) is 2. The minimum absolute atomic E-state index is 0.569. The minimum Gasteiger partial charge on any atom is -0.399 e. The van der Waals surface area contributed by atoms with E-state index in [0.29, 0.717) is 22.2 Å². The van der Waals surface area contributed by atoms with Gasteiger partial charge in [-0.2, -0.15) is 0 Å². The van der Waals surface area contributed by atoms with E-state index in [1.807, 2.05) is 18.2 Å².